The van der Waals surface area contributed by atoms with E-state index in [0.29, 0.717) is 23.2 Å². The average molecular weight is 500 g/mol. The second-order valence-corrected chi connectivity index (χ2v) is 14.8. The first-order valence-electron chi connectivity index (χ1n) is 15.6. The first-order valence-corrected chi connectivity index (χ1v) is 15.6. The van der Waals surface area contributed by atoms with Crippen LogP contribution in [0, 0.1) is 52.3 Å². The fourth-order valence-corrected chi connectivity index (χ4v) is 9.61. The molecule has 3 fully saturated rings. The number of carbonyl (C=O) groups is 1. The van der Waals surface area contributed by atoms with E-state index >= 15 is 0 Å². The molecule has 3 saturated carbocycles. The lowest BCUT2D eigenvalue weighted by Crippen LogP contribution is -2.51. The highest BCUT2D eigenvalue weighted by atomic mass is 16.5. The van der Waals surface area contributed by atoms with E-state index in [4.69, 9.17) is 10.5 Å². The molecule has 0 heterocycles. The number of rotatable bonds is 9. The number of esters is 1. The molecule has 2 N–H and O–H groups in total. The summed E-state index contributed by atoms with van der Waals surface area (Å²) in [6.45, 7) is 16.8. The maximum absolute atomic E-state index is 12.6. The summed E-state index contributed by atoms with van der Waals surface area (Å²) in [5.41, 5.74) is 8.55. The van der Waals surface area contributed by atoms with E-state index < -0.39 is 6.04 Å². The van der Waals surface area contributed by atoms with Crippen LogP contribution in [0.4, 0.5) is 0 Å². The zero-order valence-electron chi connectivity index (χ0n) is 24.7. The Kier molecular flexibility index (Phi) is 8.70. The molecule has 0 aliphatic heterocycles. The predicted molar refractivity (Wildman–Crippen MR) is 150 cm³/mol. The van der Waals surface area contributed by atoms with Crippen molar-refractivity contribution < 1.29 is 9.53 Å². The number of fused-ring (bicyclic) bond motifs is 5. The molecule has 0 saturated heterocycles. The molecular formula is C33H57NO2. The van der Waals surface area contributed by atoms with Gasteiger partial charge in [0.1, 0.15) is 12.1 Å². The Labute approximate surface area is 222 Å². The van der Waals surface area contributed by atoms with Gasteiger partial charge in [-0.25, -0.2) is 0 Å². The zero-order valence-corrected chi connectivity index (χ0v) is 24.7. The van der Waals surface area contributed by atoms with Gasteiger partial charge in [-0.1, -0.05) is 79.4 Å². The monoisotopic (exact) mass is 499 g/mol. The molecule has 0 unspecified atom stereocenters. The number of ether oxygens (including phenoxy) is 1. The summed E-state index contributed by atoms with van der Waals surface area (Å²) >= 11 is 0. The maximum Gasteiger partial charge on any atom is 0.323 e. The molecule has 0 aromatic rings. The third-order valence-corrected chi connectivity index (χ3v) is 11.6. The molecule has 0 bridgehead atoms. The van der Waals surface area contributed by atoms with Gasteiger partial charge >= 0.3 is 5.97 Å². The molecule has 9 atom stereocenters. The minimum atomic E-state index is -0.484. The molecular weight excluding hydrogens is 442 g/mol. The van der Waals surface area contributed by atoms with E-state index in [-0.39, 0.29) is 12.1 Å². The second-order valence-electron chi connectivity index (χ2n) is 14.8. The van der Waals surface area contributed by atoms with Crippen LogP contribution >= 0.6 is 0 Å². The minimum Gasteiger partial charge on any atom is -0.461 e. The van der Waals surface area contributed by atoms with Crippen molar-refractivity contribution in [1.82, 2.24) is 0 Å². The van der Waals surface area contributed by atoms with Gasteiger partial charge in [-0.2, -0.15) is 0 Å². The third-order valence-electron chi connectivity index (χ3n) is 11.6. The smallest absolute Gasteiger partial charge is 0.323 e. The van der Waals surface area contributed by atoms with Gasteiger partial charge in [-0.3, -0.25) is 4.79 Å². The third kappa shape index (κ3) is 5.48. The van der Waals surface area contributed by atoms with Crippen molar-refractivity contribution in [3.8, 4) is 0 Å². The first-order chi connectivity index (χ1) is 17.0. The topological polar surface area (TPSA) is 52.3 Å². The molecule has 4 aliphatic rings. The molecule has 3 nitrogen and oxygen atoms in total. The van der Waals surface area contributed by atoms with Gasteiger partial charge in [0.05, 0.1) is 0 Å². The van der Waals surface area contributed by atoms with Crippen LogP contribution in [0.15, 0.2) is 11.6 Å². The van der Waals surface area contributed by atoms with Crippen molar-refractivity contribution in [2.45, 2.75) is 138 Å². The highest BCUT2D eigenvalue weighted by molar-refractivity contribution is 5.75. The quantitative estimate of drug-likeness (QED) is 0.256. The summed E-state index contributed by atoms with van der Waals surface area (Å²) in [6.07, 6.45) is 17.6. The molecule has 4 rings (SSSR count). The summed E-state index contributed by atoms with van der Waals surface area (Å²) in [5.74, 6) is 5.39. The normalized spacial score (nSPS) is 39.7. The van der Waals surface area contributed by atoms with E-state index in [0.717, 1.165) is 54.8 Å². The zero-order chi connectivity index (χ0) is 26.3. The molecule has 4 aliphatic carbocycles. The summed E-state index contributed by atoms with van der Waals surface area (Å²) in [6, 6.07) is -0.484. The number of carbonyl (C=O) groups excluding carboxylic acids is 1. The van der Waals surface area contributed by atoms with Crippen LogP contribution in [0.25, 0.3) is 0 Å². The van der Waals surface area contributed by atoms with Gasteiger partial charge in [-0.15, -0.1) is 0 Å². The van der Waals surface area contributed by atoms with Crippen LogP contribution < -0.4 is 5.73 Å². The Hall–Kier alpha value is -0.830. The van der Waals surface area contributed by atoms with Crippen molar-refractivity contribution in [2.24, 2.45) is 58.0 Å². The Morgan fingerprint density at radius 1 is 1.00 bits per heavy atom. The lowest BCUT2D eigenvalue weighted by atomic mass is 9.47. The average Bonchev–Trinajstić information content (AvgIpc) is 3.15. The molecule has 0 amide bonds. The largest absolute Gasteiger partial charge is 0.461 e. The summed E-state index contributed by atoms with van der Waals surface area (Å²) in [4.78, 5) is 12.6. The van der Waals surface area contributed by atoms with Crippen molar-refractivity contribution >= 4 is 5.97 Å². The van der Waals surface area contributed by atoms with Crippen LogP contribution in [0.2, 0.25) is 0 Å². The van der Waals surface area contributed by atoms with Gasteiger partial charge < -0.3 is 10.5 Å². The van der Waals surface area contributed by atoms with Crippen LogP contribution in [0.5, 0.6) is 0 Å². The van der Waals surface area contributed by atoms with Gasteiger partial charge in [0.25, 0.3) is 0 Å². The first kappa shape index (κ1) is 28.2. The van der Waals surface area contributed by atoms with Gasteiger partial charge in [0.15, 0.2) is 0 Å². The molecule has 3 heteroatoms. The van der Waals surface area contributed by atoms with Gasteiger partial charge in [-0.05, 0) is 104 Å². The second kappa shape index (κ2) is 11.1. The highest BCUT2D eigenvalue weighted by Gasteiger charge is 2.59. The summed E-state index contributed by atoms with van der Waals surface area (Å²) in [7, 11) is 0. The molecule has 0 radical (unpaired) electrons. The Bertz CT molecular complexity index is 802. The summed E-state index contributed by atoms with van der Waals surface area (Å²) < 4.78 is 5.95. The standard InChI is InChI=1S/C33H57NO2/c1-21(2)9-8-10-23(5)27-13-14-28-26-12-11-24-20-25(36-31(35)30(34)19-22(3)4)15-17-32(24,6)29(26)16-18-33(27,28)7/h11,21-23,25-30H,8-10,12-20,34H2,1-7H3/t23-,25+,26+,27-,28+,29+,30+,32+,33-/m1/s1. The summed E-state index contributed by atoms with van der Waals surface area (Å²) in [5, 5.41) is 0. The lowest BCUT2D eigenvalue weighted by molar-refractivity contribution is -0.153. The number of hydrogen-bond acceptors (Lipinski definition) is 3. The molecule has 36 heavy (non-hydrogen) atoms. The van der Waals surface area contributed by atoms with Crippen LogP contribution in [-0.2, 0) is 9.53 Å². The van der Waals surface area contributed by atoms with E-state index in [1.54, 1.807) is 5.57 Å². The molecule has 0 aromatic heterocycles. The Morgan fingerprint density at radius 2 is 1.75 bits per heavy atom. The van der Waals surface area contributed by atoms with Gasteiger partial charge in [0, 0.05) is 6.42 Å². The van der Waals surface area contributed by atoms with Gasteiger partial charge in [0.2, 0.25) is 0 Å². The molecule has 206 valence electrons. The predicted octanol–water partition coefficient (Wildman–Crippen LogP) is 8.31. The number of nitrogens with two attached hydrogens (primary N) is 1. The SMILES string of the molecule is CC(C)CCC[C@@H](C)[C@H]1CC[C@H]2[C@@H]3CC=C4C[C@@H](OC(=O)[C@@H](N)CC(C)C)CC[C@]4(C)[C@H]3CC[C@]12C. The fourth-order valence-electron chi connectivity index (χ4n) is 9.61. The van der Waals surface area contributed by atoms with Crippen molar-refractivity contribution in [3.05, 3.63) is 11.6 Å². The van der Waals surface area contributed by atoms with E-state index in [1.807, 2.05) is 0 Å². The highest BCUT2D eigenvalue weighted by Crippen LogP contribution is 2.67. The lowest BCUT2D eigenvalue weighted by Gasteiger charge is -2.58. The van der Waals surface area contributed by atoms with E-state index in [1.165, 1.54) is 51.4 Å². The Balaban J connectivity index is 1.41. The van der Waals surface area contributed by atoms with Crippen LogP contribution in [-0.4, -0.2) is 18.1 Å². The van der Waals surface area contributed by atoms with E-state index in [9.17, 15) is 4.79 Å². The molecule has 0 aromatic carbocycles. The number of allylic oxidation sites excluding steroid dienone is 1. The van der Waals surface area contributed by atoms with Crippen LogP contribution in [0.1, 0.15) is 126 Å². The maximum atomic E-state index is 12.6. The van der Waals surface area contributed by atoms with Crippen molar-refractivity contribution in [2.75, 3.05) is 0 Å². The fraction of sp³-hybridized carbons (Fsp3) is 0.909. The number of hydrogen-bond donors (Lipinski definition) is 1. The van der Waals surface area contributed by atoms with Crippen LogP contribution in [0.3, 0.4) is 0 Å². The van der Waals surface area contributed by atoms with Crippen molar-refractivity contribution in [1.29, 1.82) is 0 Å². The van der Waals surface area contributed by atoms with E-state index in [2.05, 4.69) is 54.5 Å². The molecule has 0 spiro atoms. The van der Waals surface area contributed by atoms with Crippen molar-refractivity contribution in [3.63, 3.8) is 0 Å². The minimum absolute atomic E-state index is 0.0167. The Morgan fingerprint density at radius 3 is 2.44 bits per heavy atom.